The summed E-state index contributed by atoms with van der Waals surface area (Å²) in [4.78, 5) is 4.00. The van der Waals surface area contributed by atoms with Crippen LogP contribution < -0.4 is 10.6 Å². The Labute approximate surface area is 108 Å². The zero-order valence-corrected chi connectivity index (χ0v) is 10.2. The number of nitrogens with one attached hydrogen (secondary N) is 2. The molecule has 2 N–H and O–H groups in total. The summed E-state index contributed by atoms with van der Waals surface area (Å²) in [6.45, 7) is 0.569. The number of nitrogens with zero attached hydrogens (tertiary/aromatic N) is 4. The van der Waals surface area contributed by atoms with Crippen LogP contribution in [0.2, 0.25) is 0 Å². The maximum absolute atomic E-state index is 13.7. The lowest BCUT2D eigenvalue weighted by Crippen LogP contribution is -2.48. The number of hydrogen-bond acceptors (Lipinski definition) is 5. The first-order valence-corrected chi connectivity index (χ1v) is 6.13. The minimum Gasteiger partial charge on any atom is -0.369 e. The normalized spacial score (nSPS) is 22.5. The molecule has 1 aliphatic rings. The standard InChI is InChI=1S/C11H14F2N6/c12-11(13)6-14-2-1-8(11)3-16-9-4-15-5-10-18-17-7-19(9)10/h4-5,7-8,14,16H,1-3,6H2/t8-/m1/s1. The topological polar surface area (TPSA) is 67.1 Å². The average Bonchev–Trinajstić information content (AvgIpc) is 2.86. The first kappa shape index (κ1) is 12.2. The predicted molar refractivity (Wildman–Crippen MR) is 65.2 cm³/mol. The van der Waals surface area contributed by atoms with Crippen molar-refractivity contribution in [3.8, 4) is 0 Å². The van der Waals surface area contributed by atoms with Crippen LogP contribution in [0.5, 0.6) is 0 Å². The summed E-state index contributed by atoms with van der Waals surface area (Å²) in [6.07, 6.45) is 5.12. The van der Waals surface area contributed by atoms with Crippen molar-refractivity contribution in [3.63, 3.8) is 0 Å². The van der Waals surface area contributed by atoms with Gasteiger partial charge in [0.2, 0.25) is 0 Å². The Bertz CT molecular complexity index is 569. The molecule has 1 saturated heterocycles. The minimum absolute atomic E-state index is 0.202. The number of alkyl halides is 2. The molecule has 2 aromatic rings. The van der Waals surface area contributed by atoms with Crippen LogP contribution in [-0.4, -0.2) is 45.1 Å². The van der Waals surface area contributed by atoms with Crippen LogP contribution in [0.4, 0.5) is 14.6 Å². The van der Waals surface area contributed by atoms with Gasteiger partial charge in [-0.3, -0.25) is 9.38 Å². The van der Waals surface area contributed by atoms with E-state index in [2.05, 4.69) is 25.8 Å². The molecule has 3 rings (SSSR count). The van der Waals surface area contributed by atoms with Crippen LogP contribution in [-0.2, 0) is 0 Å². The Morgan fingerprint density at radius 3 is 3.21 bits per heavy atom. The van der Waals surface area contributed by atoms with Crippen LogP contribution in [0, 0.1) is 5.92 Å². The number of fused-ring (bicyclic) bond motifs is 1. The summed E-state index contributed by atoms with van der Waals surface area (Å²) in [5, 5.41) is 13.3. The Morgan fingerprint density at radius 1 is 1.47 bits per heavy atom. The predicted octanol–water partition coefficient (Wildman–Crippen LogP) is 0.781. The van der Waals surface area contributed by atoms with Gasteiger partial charge in [0.05, 0.1) is 18.9 Å². The summed E-state index contributed by atoms with van der Waals surface area (Å²) >= 11 is 0. The van der Waals surface area contributed by atoms with Gasteiger partial charge in [0.15, 0.2) is 5.65 Å². The van der Waals surface area contributed by atoms with Crippen molar-refractivity contribution in [1.82, 2.24) is 24.9 Å². The van der Waals surface area contributed by atoms with E-state index >= 15 is 0 Å². The van der Waals surface area contributed by atoms with Crippen molar-refractivity contribution in [1.29, 1.82) is 0 Å². The molecule has 0 bridgehead atoms. The van der Waals surface area contributed by atoms with E-state index in [1.54, 1.807) is 16.8 Å². The second kappa shape index (κ2) is 4.69. The lowest BCUT2D eigenvalue weighted by molar-refractivity contribution is -0.0678. The quantitative estimate of drug-likeness (QED) is 0.861. The SMILES string of the molecule is FC1(F)CNCC[C@@H]1CNc1cncc2nncn12. The molecule has 3 heterocycles. The van der Waals surface area contributed by atoms with Gasteiger partial charge in [0, 0.05) is 12.5 Å². The molecule has 1 aliphatic heterocycles. The summed E-state index contributed by atoms with van der Waals surface area (Å²) in [6, 6.07) is 0. The van der Waals surface area contributed by atoms with Crippen LogP contribution in [0.1, 0.15) is 6.42 Å². The van der Waals surface area contributed by atoms with Gasteiger partial charge in [-0.15, -0.1) is 10.2 Å². The Kier molecular flexibility index (Phi) is 3.02. The first-order chi connectivity index (χ1) is 9.17. The third-order valence-corrected chi connectivity index (χ3v) is 3.38. The maximum Gasteiger partial charge on any atom is 0.264 e. The molecule has 0 amide bonds. The molecular formula is C11H14F2N6. The summed E-state index contributed by atoms with van der Waals surface area (Å²) in [7, 11) is 0. The van der Waals surface area contributed by atoms with Crippen LogP contribution in [0.15, 0.2) is 18.7 Å². The van der Waals surface area contributed by atoms with E-state index in [0.717, 1.165) is 0 Å². The van der Waals surface area contributed by atoms with E-state index in [1.807, 2.05) is 0 Å². The van der Waals surface area contributed by atoms with Gasteiger partial charge < -0.3 is 10.6 Å². The second-order valence-electron chi connectivity index (χ2n) is 4.66. The highest BCUT2D eigenvalue weighted by Gasteiger charge is 2.41. The van der Waals surface area contributed by atoms with Gasteiger partial charge >= 0.3 is 0 Å². The molecule has 0 aliphatic carbocycles. The largest absolute Gasteiger partial charge is 0.369 e. The molecule has 1 atom stereocenters. The number of halogens is 2. The second-order valence-corrected chi connectivity index (χ2v) is 4.66. The van der Waals surface area contributed by atoms with Crippen molar-refractivity contribution < 1.29 is 8.78 Å². The van der Waals surface area contributed by atoms with Gasteiger partial charge in [-0.1, -0.05) is 0 Å². The van der Waals surface area contributed by atoms with E-state index < -0.39 is 11.8 Å². The molecule has 6 nitrogen and oxygen atoms in total. The molecule has 0 saturated carbocycles. The number of aromatic nitrogens is 4. The molecule has 0 spiro atoms. The van der Waals surface area contributed by atoms with Crippen molar-refractivity contribution in [2.75, 3.05) is 25.0 Å². The number of hydrogen-bond donors (Lipinski definition) is 2. The first-order valence-electron chi connectivity index (χ1n) is 6.13. The van der Waals surface area contributed by atoms with E-state index in [0.29, 0.717) is 24.4 Å². The third-order valence-electron chi connectivity index (χ3n) is 3.38. The van der Waals surface area contributed by atoms with E-state index in [4.69, 9.17) is 0 Å². The van der Waals surface area contributed by atoms with Crippen molar-refractivity contribution in [2.45, 2.75) is 12.3 Å². The molecule has 2 aromatic heterocycles. The van der Waals surface area contributed by atoms with Crippen LogP contribution in [0.25, 0.3) is 5.65 Å². The summed E-state index contributed by atoms with van der Waals surface area (Å²) < 4.78 is 29.0. The third kappa shape index (κ3) is 2.35. The summed E-state index contributed by atoms with van der Waals surface area (Å²) in [5.74, 6) is -2.74. The highest BCUT2D eigenvalue weighted by Crippen LogP contribution is 2.29. The molecule has 102 valence electrons. The van der Waals surface area contributed by atoms with E-state index in [9.17, 15) is 8.78 Å². The Morgan fingerprint density at radius 2 is 2.37 bits per heavy atom. The fourth-order valence-corrected chi connectivity index (χ4v) is 2.25. The fourth-order valence-electron chi connectivity index (χ4n) is 2.25. The van der Waals surface area contributed by atoms with Gasteiger partial charge in [-0.05, 0) is 13.0 Å². The molecule has 1 fully saturated rings. The smallest absolute Gasteiger partial charge is 0.264 e. The Balaban J connectivity index is 1.73. The lowest BCUT2D eigenvalue weighted by atomic mass is 9.94. The number of rotatable bonds is 3. The highest BCUT2D eigenvalue weighted by molar-refractivity contribution is 5.45. The van der Waals surface area contributed by atoms with Crippen LogP contribution in [0.3, 0.4) is 0 Å². The van der Waals surface area contributed by atoms with Crippen molar-refractivity contribution >= 4 is 11.5 Å². The maximum atomic E-state index is 13.7. The van der Waals surface area contributed by atoms with E-state index in [-0.39, 0.29) is 13.1 Å². The zero-order valence-electron chi connectivity index (χ0n) is 10.2. The van der Waals surface area contributed by atoms with Gasteiger partial charge in [0.25, 0.3) is 5.92 Å². The molecule has 0 aromatic carbocycles. The highest BCUT2D eigenvalue weighted by atomic mass is 19.3. The average molecular weight is 268 g/mol. The molecule has 0 unspecified atom stereocenters. The molecule has 0 radical (unpaired) electrons. The monoisotopic (exact) mass is 268 g/mol. The molecular weight excluding hydrogens is 254 g/mol. The zero-order chi connectivity index (χ0) is 13.3. The van der Waals surface area contributed by atoms with Crippen LogP contribution >= 0.6 is 0 Å². The Hall–Kier alpha value is -1.83. The lowest BCUT2D eigenvalue weighted by Gasteiger charge is -2.32. The van der Waals surface area contributed by atoms with Gasteiger partial charge in [-0.2, -0.15) is 0 Å². The van der Waals surface area contributed by atoms with Gasteiger partial charge in [-0.25, -0.2) is 8.78 Å². The van der Waals surface area contributed by atoms with Crippen molar-refractivity contribution in [3.05, 3.63) is 18.7 Å². The van der Waals surface area contributed by atoms with Crippen molar-refractivity contribution in [2.24, 2.45) is 5.92 Å². The van der Waals surface area contributed by atoms with Gasteiger partial charge in [0.1, 0.15) is 12.1 Å². The molecule has 8 heteroatoms. The number of anilines is 1. The molecule has 19 heavy (non-hydrogen) atoms. The minimum atomic E-state index is -2.68. The summed E-state index contributed by atoms with van der Waals surface area (Å²) in [5.41, 5.74) is 0.585. The fraction of sp³-hybridized carbons (Fsp3) is 0.545. The number of piperidine rings is 1. The van der Waals surface area contributed by atoms with E-state index in [1.165, 1.54) is 6.33 Å².